The molecule has 0 unspecified atom stereocenters. The number of rotatable bonds is 6. The van der Waals surface area contributed by atoms with Crippen molar-refractivity contribution in [2.45, 2.75) is 31.9 Å². The van der Waals surface area contributed by atoms with E-state index >= 15 is 0 Å². The van der Waals surface area contributed by atoms with Gasteiger partial charge in [0, 0.05) is 5.69 Å². The monoisotopic (exact) mass is 281 g/mol. The van der Waals surface area contributed by atoms with Crippen molar-refractivity contribution in [2.75, 3.05) is 11.1 Å². The average Bonchev–Trinajstić information content (AvgIpc) is 2.37. The fraction of sp³-hybridized carbons (Fsp3) is 0.429. The molecule has 0 bridgehead atoms. The minimum atomic E-state index is -0.955. The van der Waals surface area contributed by atoms with Gasteiger partial charge in [-0.1, -0.05) is 19.1 Å². The molecule has 0 aliphatic rings. The molecule has 19 heavy (non-hydrogen) atoms. The molecule has 0 atom stereocenters. The van der Waals surface area contributed by atoms with E-state index in [-0.39, 0.29) is 11.7 Å². The Kier molecular flexibility index (Phi) is 5.42. The number of anilines is 1. The molecule has 0 spiro atoms. The molecule has 0 radical (unpaired) electrons. The number of hydrogen-bond donors (Lipinski definition) is 2. The van der Waals surface area contributed by atoms with E-state index in [0.717, 1.165) is 23.9 Å². The first-order valence-electron chi connectivity index (χ1n) is 6.11. The maximum absolute atomic E-state index is 11.7. The first-order valence-corrected chi connectivity index (χ1v) is 7.10. The van der Waals surface area contributed by atoms with Crippen molar-refractivity contribution < 1.29 is 14.7 Å². The van der Waals surface area contributed by atoms with Crippen LogP contribution < -0.4 is 5.32 Å². The fourth-order valence-corrected chi connectivity index (χ4v) is 2.02. The van der Waals surface area contributed by atoms with Gasteiger partial charge in [0.1, 0.15) is 4.75 Å². The number of nitrogens with one attached hydrogen (secondary N) is 1. The number of carboxylic acids is 1. The van der Waals surface area contributed by atoms with Crippen LogP contribution in [0.15, 0.2) is 24.3 Å². The summed E-state index contributed by atoms with van der Waals surface area (Å²) in [6.07, 6.45) is 0.955. The van der Waals surface area contributed by atoms with Crippen LogP contribution in [0.1, 0.15) is 26.3 Å². The third-order valence-electron chi connectivity index (χ3n) is 2.73. The van der Waals surface area contributed by atoms with Crippen molar-refractivity contribution in [3.05, 3.63) is 29.8 Å². The molecule has 104 valence electrons. The maximum atomic E-state index is 11.7. The van der Waals surface area contributed by atoms with Crippen LogP contribution in [-0.2, 0) is 16.0 Å². The Morgan fingerprint density at radius 1 is 1.26 bits per heavy atom. The van der Waals surface area contributed by atoms with Gasteiger partial charge in [-0.15, -0.1) is 11.8 Å². The second-order valence-electron chi connectivity index (χ2n) is 4.70. The van der Waals surface area contributed by atoms with Crippen LogP contribution in [0.25, 0.3) is 0 Å². The van der Waals surface area contributed by atoms with Gasteiger partial charge in [-0.2, -0.15) is 0 Å². The molecular formula is C14H19NO3S. The van der Waals surface area contributed by atoms with Gasteiger partial charge in [-0.05, 0) is 38.0 Å². The zero-order chi connectivity index (χ0) is 14.5. The second kappa shape index (κ2) is 6.61. The highest BCUT2D eigenvalue weighted by molar-refractivity contribution is 8.02. The number of carbonyl (C=O) groups is 2. The molecule has 1 aromatic rings. The Balaban J connectivity index is 2.49. The normalized spacial score (nSPS) is 11.1. The average molecular weight is 281 g/mol. The van der Waals surface area contributed by atoms with E-state index < -0.39 is 10.7 Å². The predicted octanol–water partition coefficient (Wildman–Crippen LogP) is 2.78. The van der Waals surface area contributed by atoms with E-state index in [0.29, 0.717) is 0 Å². The lowest BCUT2D eigenvalue weighted by Crippen LogP contribution is -2.29. The summed E-state index contributed by atoms with van der Waals surface area (Å²) in [7, 11) is 0. The summed E-state index contributed by atoms with van der Waals surface area (Å²) in [5, 5.41) is 11.7. The highest BCUT2D eigenvalue weighted by Gasteiger charge is 2.28. The summed E-state index contributed by atoms with van der Waals surface area (Å²) < 4.78 is -0.955. The van der Waals surface area contributed by atoms with Crippen molar-refractivity contribution in [1.82, 2.24) is 0 Å². The molecule has 4 nitrogen and oxygen atoms in total. The zero-order valence-electron chi connectivity index (χ0n) is 11.4. The van der Waals surface area contributed by atoms with Crippen molar-refractivity contribution in [1.29, 1.82) is 0 Å². The third-order valence-corrected chi connectivity index (χ3v) is 4.03. The highest BCUT2D eigenvalue weighted by atomic mass is 32.2. The van der Waals surface area contributed by atoms with Gasteiger partial charge in [-0.3, -0.25) is 9.59 Å². The highest BCUT2D eigenvalue weighted by Crippen LogP contribution is 2.24. The summed E-state index contributed by atoms with van der Waals surface area (Å²) in [6, 6.07) is 7.63. The van der Waals surface area contributed by atoms with Gasteiger partial charge in [0.25, 0.3) is 0 Å². The van der Waals surface area contributed by atoms with E-state index in [1.54, 1.807) is 13.8 Å². The van der Waals surface area contributed by atoms with Crippen LogP contribution in [0.3, 0.4) is 0 Å². The van der Waals surface area contributed by atoms with E-state index in [1.165, 1.54) is 5.56 Å². The van der Waals surface area contributed by atoms with Gasteiger partial charge in [0.2, 0.25) is 5.91 Å². The molecule has 0 aromatic heterocycles. The van der Waals surface area contributed by atoms with Crippen LogP contribution in [0, 0.1) is 0 Å². The standard InChI is InChI=1S/C14H19NO3S/c1-4-10-5-7-11(8-6-10)15-12(16)9-19-14(2,3)13(17)18/h5-8H,4,9H2,1-3H3,(H,15,16)(H,17,18). The van der Waals surface area contributed by atoms with Gasteiger partial charge in [-0.25, -0.2) is 0 Å². The van der Waals surface area contributed by atoms with Crippen LogP contribution in [0.2, 0.25) is 0 Å². The Labute approximate surface area is 117 Å². The molecule has 2 N–H and O–H groups in total. The molecule has 0 heterocycles. The molecule has 1 amide bonds. The number of aliphatic carboxylic acids is 1. The fourth-order valence-electron chi connectivity index (χ4n) is 1.33. The minimum Gasteiger partial charge on any atom is -0.480 e. The van der Waals surface area contributed by atoms with E-state index in [4.69, 9.17) is 5.11 Å². The van der Waals surface area contributed by atoms with Crippen LogP contribution in [0.4, 0.5) is 5.69 Å². The van der Waals surface area contributed by atoms with Crippen molar-refractivity contribution >= 4 is 29.3 Å². The number of benzene rings is 1. The van der Waals surface area contributed by atoms with Gasteiger partial charge < -0.3 is 10.4 Å². The number of carboxylic acid groups (broad SMARTS) is 1. The maximum Gasteiger partial charge on any atom is 0.319 e. The van der Waals surface area contributed by atoms with Crippen molar-refractivity contribution in [3.63, 3.8) is 0 Å². The summed E-state index contributed by atoms with van der Waals surface area (Å²) in [4.78, 5) is 22.6. The molecule has 0 fully saturated rings. The molecule has 5 heteroatoms. The smallest absolute Gasteiger partial charge is 0.319 e. The van der Waals surface area contributed by atoms with Crippen molar-refractivity contribution in [3.8, 4) is 0 Å². The number of hydrogen-bond acceptors (Lipinski definition) is 3. The molecule has 1 aromatic carbocycles. The van der Waals surface area contributed by atoms with Gasteiger partial charge >= 0.3 is 5.97 Å². The molecule has 0 aliphatic heterocycles. The van der Waals surface area contributed by atoms with E-state index in [9.17, 15) is 9.59 Å². The largest absolute Gasteiger partial charge is 0.480 e. The number of thioether (sulfide) groups is 1. The number of carbonyl (C=O) groups excluding carboxylic acids is 1. The lowest BCUT2D eigenvalue weighted by molar-refractivity contribution is -0.138. The molecule has 1 rings (SSSR count). The molecule has 0 saturated heterocycles. The summed E-state index contributed by atoms with van der Waals surface area (Å²) in [5.74, 6) is -0.990. The SMILES string of the molecule is CCc1ccc(NC(=O)CSC(C)(C)C(=O)O)cc1. The summed E-state index contributed by atoms with van der Waals surface area (Å²) in [6.45, 7) is 5.24. The van der Waals surface area contributed by atoms with E-state index in [2.05, 4.69) is 12.2 Å². The lowest BCUT2D eigenvalue weighted by Gasteiger charge is -2.17. The lowest BCUT2D eigenvalue weighted by atomic mass is 10.1. The Hall–Kier alpha value is -1.49. The van der Waals surface area contributed by atoms with Gasteiger partial charge in [0.15, 0.2) is 0 Å². The Morgan fingerprint density at radius 3 is 2.32 bits per heavy atom. The first-order chi connectivity index (χ1) is 8.85. The van der Waals surface area contributed by atoms with Crippen LogP contribution in [-0.4, -0.2) is 27.5 Å². The third kappa shape index (κ3) is 4.95. The molecule has 0 saturated carbocycles. The summed E-state index contributed by atoms with van der Waals surface area (Å²) >= 11 is 1.11. The second-order valence-corrected chi connectivity index (χ2v) is 6.30. The quantitative estimate of drug-likeness (QED) is 0.841. The Morgan fingerprint density at radius 2 is 1.84 bits per heavy atom. The molecular weight excluding hydrogens is 262 g/mol. The first kappa shape index (κ1) is 15.6. The number of aryl methyl sites for hydroxylation is 1. The van der Waals surface area contributed by atoms with Crippen molar-refractivity contribution in [2.24, 2.45) is 0 Å². The van der Waals surface area contributed by atoms with Crippen LogP contribution >= 0.6 is 11.8 Å². The Bertz CT molecular complexity index is 454. The predicted molar refractivity (Wildman–Crippen MR) is 78.6 cm³/mol. The molecule has 0 aliphatic carbocycles. The topological polar surface area (TPSA) is 66.4 Å². The van der Waals surface area contributed by atoms with Crippen LogP contribution in [0.5, 0.6) is 0 Å². The van der Waals surface area contributed by atoms with Gasteiger partial charge in [0.05, 0.1) is 5.75 Å². The zero-order valence-corrected chi connectivity index (χ0v) is 12.2. The number of amides is 1. The minimum absolute atomic E-state index is 0.120. The van der Waals surface area contributed by atoms with E-state index in [1.807, 2.05) is 24.3 Å². The summed E-state index contributed by atoms with van der Waals surface area (Å²) in [5.41, 5.74) is 1.94.